The zero-order chi connectivity index (χ0) is 16.0. The number of aryl methyl sites for hydroxylation is 1. The molecule has 116 valence electrons. The standard InChI is InChI=1S/C18H15Cl2N3/c1-11-2-4-12(5-3-11)17-16-6-7-21-18(16)23(22-17)15-9-13(19)8-14(20)10-15/h2-5,8-10,21H,6-7H2,1H3. The first-order valence-electron chi connectivity index (χ1n) is 7.51. The summed E-state index contributed by atoms with van der Waals surface area (Å²) >= 11 is 12.3. The number of aromatic nitrogens is 2. The molecule has 23 heavy (non-hydrogen) atoms. The van der Waals surface area contributed by atoms with Crippen molar-refractivity contribution in [1.29, 1.82) is 0 Å². The van der Waals surface area contributed by atoms with Gasteiger partial charge in [0.25, 0.3) is 0 Å². The predicted octanol–water partition coefficient (Wildman–Crippen LogP) is 5.12. The summed E-state index contributed by atoms with van der Waals surface area (Å²) < 4.78 is 1.90. The highest BCUT2D eigenvalue weighted by atomic mass is 35.5. The fraction of sp³-hybridized carbons (Fsp3) is 0.167. The third-order valence-corrected chi connectivity index (χ3v) is 4.50. The Bertz CT molecular complexity index is 862. The Morgan fingerprint density at radius 2 is 1.74 bits per heavy atom. The van der Waals surface area contributed by atoms with E-state index in [0.29, 0.717) is 10.0 Å². The first-order chi connectivity index (χ1) is 11.1. The maximum Gasteiger partial charge on any atom is 0.133 e. The molecule has 2 aromatic carbocycles. The van der Waals surface area contributed by atoms with E-state index in [-0.39, 0.29) is 0 Å². The highest BCUT2D eigenvalue weighted by Gasteiger charge is 2.24. The number of halogens is 2. The molecule has 0 fully saturated rings. The number of nitrogens with one attached hydrogen (secondary N) is 1. The molecule has 0 spiro atoms. The summed E-state index contributed by atoms with van der Waals surface area (Å²) in [6.07, 6.45) is 0.965. The Hall–Kier alpha value is -1.97. The Morgan fingerprint density at radius 3 is 2.43 bits per heavy atom. The lowest BCUT2D eigenvalue weighted by Gasteiger charge is -2.07. The molecular formula is C18H15Cl2N3. The van der Waals surface area contributed by atoms with E-state index in [4.69, 9.17) is 28.3 Å². The third kappa shape index (κ3) is 2.60. The van der Waals surface area contributed by atoms with Crippen LogP contribution in [0.1, 0.15) is 11.1 Å². The molecule has 0 amide bonds. The van der Waals surface area contributed by atoms with E-state index >= 15 is 0 Å². The summed E-state index contributed by atoms with van der Waals surface area (Å²) in [7, 11) is 0. The molecule has 4 rings (SSSR count). The molecule has 0 unspecified atom stereocenters. The van der Waals surface area contributed by atoms with Crippen LogP contribution in [0.4, 0.5) is 5.82 Å². The van der Waals surface area contributed by atoms with E-state index < -0.39 is 0 Å². The second-order valence-electron chi connectivity index (χ2n) is 5.76. The van der Waals surface area contributed by atoms with Crippen LogP contribution < -0.4 is 5.32 Å². The van der Waals surface area contributed by atoms with Gasteiger partial charge in [0.2, 0.25) is 0 Å². The van der Waals surface area contributed by atoms with E-state index in [1.165, 1.54) is 11.1 Å². The van der Waals surface area contributed by atoms with E-state index in [1.54, 1.807) is 6.07 Å². The summed E-state index contributed by atoms with van der Waals surface area (Å²) in [5.74, 6) is 1.03. The normalized spacial score (nSPS) is 13.0. The minimum absolute atomic E-state index is 0.603. The molecule has 0 bridgehead atoms. The van der Waals surface area contributed by atoms with Gasteiger partial charge in [-0.25, -0.2) is 4.68 Å². The fourth-order valence-electron chi connectivity index (χ4n) is 2.97. The van der Waals surface area contributed by atoms with Crippen molar-refractivity contribution in [1.82, 2.24) is 9.78 Å². The van der Waals surface area contributed by atoms with Crippen LogP contribution in [0.5, 0.6) is 0 Å². The second-order valence-corrected chi connectivity index (χ2v) is 6.63. The lowest BCUT2D eigenvalue weighted by Crippen LogP contribution is -2.04. The van der Waals surface area contributed by atoms with Gasteiger partial charge in [0.1, 0.15) is 5.82 Å². The zero-order valence-corrected chi connectivity index (χ0v) is 14.1. The van der Waals surface area contributed by atoms with Gasteiger partial charge in [-0.2, -0.15) is 5.10 Å². The van der Waals surface area contributed by atoms with E-state index in [9.17, 15) is 0 Å². The van der Waals surface area contributed by atoms with Crippen molar-refractivity contribution >= 4 is 29.0 Å². The van der Waals surface area contributed by atoms with Gasteiger partial charge in [-0.1, -0.05) is 53.0 Å². The first-order valence-corrected chi connectivity index (χ1v) is 8.27. The number of nitrogens with zero attached hydrogens (tertiary/aromatic N) is 2. The number of rotatable bonds is 2. The summed E-state index contributed by atoms with van der Waals surface area (Å²) in [6, 6.07) is 13.9. The molecule has 0 radical (unpaired) electrons. The van der Waals surface area contributed by atoms with Crippen LogP contribution in [0.3, 0.4) is 0 Å². The zero-order valence-electron chi connectivity index (χ0n) is 12.6. The number of hydrogen-bond donors (Lipinski definition) is 1. The maximum absolute atomic E-state index is 6.15. The number of anilines is 1. The topological polar surface area (TPSA) is 29.9 Å². The Balaban J connectivity index is 1.89. The van der Waals surface area contributed by atoms with Crippen molar-refractivity contribution in [3.63, 3.8) is 0 Å². The third-order valence-electron chi connectivity index (χ3n) is 4.07. The van der Waals surface area contributed by atoms with Gasteiger partial charge >= 0.3 is 0 Å². The van der Waals surface area contributed by atoms with Crippen LogP contribution in [-0.4, -0.2) is 16.3 Å². The van der Waals surface area contributed by atoms with Gasteiger partial charge in [-0.05, 0) is 31.5 Å². The predicted molar refractivity (Wildman–Crippen MR) is 96.0 cm³/mol. The molecule has 0 saturated heterocycles. The van der Waals surface area contributed by atoms with Gasteiger partial charge < -0.3 is 5.32 Å². The number of benzene rings is 2. The monoisotopic (exact) mass is 343 g/mol. The summed E-state index contributed by atoms with van der Waals surface area (Å²) in [6.45, 7) is 3.00. The molecule has 2 heterocycles. The lowest BCUT2D eigenvalue weighted by atomic mass is 10.1. The second kappa shape index (κ2) is 5.59. The smallest absolute Gasteiger partial charge is 0.133 e. The average molecular weight is 344 g/mol. The van der Waals surface area contributed by atoms with E-state index in [2.05, 4.69) is 36.5 Å². The van der Waals surface area contributed by atoms with Crippen molar-refractivity contribution in [2.75, 3.05) is 11.9 Å². The van der Waals surface area contributed by atoms with Crippen LogP contribution in [0.15, 0.2) is 42.5 Å². The molecule has 1 aliphatic rings. The highest BCUT2D eigenvalue weighted by Crippen LogP contribution is 2.35. The van der Waals surface area contributed by atoms with Gasteiger partial charge in [0.05, 0.1) is 11.4 Å². The Kier molecular flexibility index (Phi) is 3.55. The Labute approximate surface area is 144 Å². The van der Waals surface area contributed by atoms with Crippen molar-refractivity contribution in [2.45, 2.75) is 13.3 Å². The van der Waals surface area contributed by atoms with Gasteiger partial charge in [0, 0.05) is 27.7 Å². The molecule has 1 aromatic heterocycles. The van der Waals surface area contributed by atoms with Crippen LogP contribution in [0.2, 0.25) is 10.0 Å². The molecule has 3 nitrogen and oxygen atoms in total. The van der Waals surface area contributed by atoms with Crippen molar-refractivity contribution in [3.05, 3.63) is 63.6 Å². The highest BCUT2D eigenvalue weighted by molar-refractivity contribution is 6.34. The van der Waals surface area contributed by atoms with Crippen molar-refractivity contribution in [2.24, 2.45) is 0 Å². The minimum atomic E-state index is 0.603. The molecule has 1 aliphatic heterocycles. The summed E-state index contributed by atoms with van der Waals surface area (Å²) in [4.78, 5) is 0. The van der Waals surface area contributed by atoms with E-state index in [0.717, 1.165) is 35.7 Å². The molecular weight excluding hydrogens is 329 g/mol. The fourth-order valence-corrected chi connectivity index (χ4v) is 3.48. The molecule has 3 aromatic rings. The van der Waals surface area contributed by atoms with Gasteiger partial charge in [-0.3, -0.25) is 0 Å². The number of fused-ring (bicyclic) bond motifs is 1. The largest absolute Gasteiger partial charge is 0.369 e. The van der Waals surface area contributed by atoms with Crippen molar-refractivity contribution < 1.29 is 0 Å². The van der Waals surface area contributed by atoms with E-state index in [1.807, 2.05) is 16.8 Å². The SMILES string of the molecule is Cc1ccc(-c2nn(-c3cc(Cl)cc(Cl)c3)c3c2CCN3)cc1. The van der Waals surface area contributed by atoms with Crippen LogP contribution in [0.25, 0.3) is 16.9 Å². The quantitative estimate of drug-likeness (QED) is 0.699. The minimum Gasteiger partial charge on any atom is -0.369 e. The van der Waals surface area contributed by atoms with Crippen LogP contribution in [-0.2, 0) is 6.42 Å². The molecule has 1 N–H and O–H groups in total. The molecule has 5 heteroatoms. The summed E-state index contributed by atoms with van der Waals surface area (Å²) in [5.41, 5.74) is 5.49. The molecule has 0 saturated carbocycles. The van der Waals surface area contributed by atoms with Crippen molar-refractivity contribution in [3.8, 4) is 16.9 Å². The summed E-state index contributed by atoms with van der Waals surface area (Å²) in [5, 5.41) is 9.45. The van der Waals surface area contributed by atoms with Crippen LogP contribution in [0, 0.1) is 6.92 Å². The van der Waals surface area contributed by atoms with Crippen LogP contribution >= 0.6 is 23.2 Å². The number of hydrogen-bond acceptors (Lipinski definition) is 2. The first kappa shape index (κ1) is 14.6. The van der Waals surface area contributed by atoms with Gasteiger partial charge in [-0.15, -0.1) is 0 Å². The van der Waals surface area contributed by atoms with Gasteiger partial charge in [0.15, 0.2) is 0 Å². The molecule has 0 aliphatic carbocycles. The Morgan fingerprint density at radius 1 is 1.04 bits per heavy atom. The lowest BCUT2D eigenvalue weighted by molar-refractivity contribution is 0.882. The maximum atomic E-state index is 6.15. The average Bonchev–Trinajstić information content (AvgIpc) is 3.09. The molecule has 0 atom stereocenters.